The summed E-state index contributed by atoms with van der Waals surface area (Å²) >= 11 is 3.41. The molecule has 1 N–H and O–H groups in total. The second kappa shape index (κ2) is 6.40. The molecule has 2 amide bonds. The van der Waals surface area contributed by atoms with Crippen LogP contribution in [0.3, 0.4) is 0 Å². The normalized spacial score (nSPS) is 17.5. The lowest BCUT2D eigenvalue weighted by Crippen LogP contribution is -2.35. The van der Waals surface area contributed by atoms with Gasteiger partial charge in [0, 0.05) is 10.2 Å². The number of carbonyl (C=O) groups is 2. The summed E-state index contributed by atoms with van der Waals surface area (Å²) in [7, 11) is 0. The van der Waals surface area contributed by atoms with Gasteiger partial charge in [-0.3, -0.25) is 9.59 Å². The van der Waals surface area contributed by atoms with Crippen LogP contribution in [0.1, 0.15) is 23.1 Å². The Kier molecular flexibility index (Phi) is 4.45. The van der Waals surface area contributed by atoms with E-state index in [9.17, 15) is 9.59 Å². The topological polar surface area (TPSA) is 49.4 Å². The van der Waals surface area contributed by atoms with Gasteiger partial charge in [-0.1, -0.05) is 29.8 Å². The van der Waals surface area contributed by atoms with E-state index in [1.165, 1.54) is 10.5 Å². The maximum atomic E-state index is 12.8. The molecular formula is C19H19BrN2O2. The molecule has 0 bridgehead atoms. The van der Waals surface area contributed by atoms with Gasteiger partial charge in [0.15, 0.2) is 0 Å². The van der Waals surface area contributed by atoms with E-state index in [1.54, 1.807) is 6.07 Å². The molecule has 1 aliphatic rings. The van der Waals surface area contributed by atoms with Gasteiger partial charge in [-0.15, -0.1) is 0 Å². The van der Waals surface area contributed by atoms with Crippen LogP contribution < -0.4 is 10.2 Å². The Labute approximate surface area is 150 Å². The molecule has 0 spiro atoms. The number of aryl methyl sites for hydroxylation is 3. The van der Waals surface area contributed by atoms with E-state index in [0.717, 1.165) is 21.3 Å². The molecule has 24 heavy (non-hydrogen) atoms. The highest BCUT2D eigenvalue weighted by Crippen LogP contribution is 2.32. The average Bonchev–Trinajstić information content (AvgIpc) is 2.78. The maximum Gasteiger partial charge on any atom is 0.256 e. The van der Waals surface area contributed by atoms with Crippen molar-refractivity contribution in [2.45, 2.75) is 33.2 Å². The first-order valence-electron chi connectivity index (χ1n) is 7.84. The van der Waals surface area contributed by atoms with Crippen LogP contribution in [0.15, 0.2) is 40.9 Å². The highest BCUT2D eigenvalue weighted by Gasteiger charge is 2.40. The standard InChI is InChI=1S/C19H19BrN2O2/c1-11-8-12(2)18(13(3)9-11)21-15-10-17(23)22(19(15)24)16-7-5-4-6-14(16)20/h4-9,15,21H,10H2,1-3H3. The maximum absolute atomic E-state index is 12.8. The minimum atomic E-state index is -0.537. The van der Waals surface area contributed by atoms with Crippen LogP contribution in [0.5, 0.6) is 0 Å². The molecule has 3 rings (SSSR count). The van der Waals surface area contributed by atoms with Gasteiger partial charge in [0.25, 0.3) is 5.91 Å². The number of amides is 2. The number of halogens is 1. The molecule has 4 nitrogen and oxygen atoms in total. The number of imide groups is 1. The summed E-state index contributed by atoms with van der Waals surface area (Å²) in [6.45, 7) is 6.06. The molecule has 1 heterocycles. The number of carbonyl (C=O) groups excluding carboxylic acids is 2. The molecular weight excluding hydrogens is 368 g/mol. The molecule has 124 valence electrons. The van der Waals surface area contributed by atoms with E-state index in [-0.39, 0.29) is 18.2 Å². The lowest BCUT2D eigenvalue weighted by Gasteiger charge is -2.19. The molecule has 2 aromatic carbocycles. The van der Waals surface area contributed by atoms with E-state index < -0.39 is 6.04 Å². The van der Waals surface area contributed by atoms with Crippen molar-refractivity contribution >= 4 is 39.1 Å². The van der Waals surface area contributed by atoms with Crippen molar-refractivity contribution in [3.05, 3.63) is 57.6 Å². The van der Waals surface area contributed by atoms with Crippen LogP contribution in [0.25, 0.3) is 0 Å². The van der Waals surface area contributed by atoms with Gasteiger partial charge in [-0.2, -0.15) is 0 Å². The van der Waals surface area contributed by atoms with E-state index >= 15 is 0 Å². The lowest BCUT2D eigenvalue weighted by atomic mass is 10.0. The second-order valence-electron chi connectivity index (χ2n) is 6.19. The van der Waals surface area contributed by atoms with E-state index in [2.05, 4.69) is 33.4 Å². The number of rotatable bonds is 3. The van der Waals surface area contributed by atoms with Crippen molar-refractivity contribution in [1.82, 2.24) is 0 Å². The lowest BCUT2D eigenvalue weighted by molar-refractivity contribution is -0.121. The van der Waals surface area contributed by atoms with Gasteiger partial charge >= 0.3 is 0 Å². The van der Waals surface area contributed by atoms with E-state index in [4.69, 9.17) is 0 Å². The van der Waals surface area contributed by atoms with Gasteiger partial charge in [-0.25, -0.2) is 4.90 Å². The van der Waals surface area contributed by atoms with Crippen LogP contribution in [-0.4, -0.2) is 17.9 Å². The largest absolute Gasteiger partial charge is 0.373 e. The van der Waals surface area contributed by atoms with Gasteiger partial charge in [0.2, 0.25) is 5.91 Å². The predicted octanol–water partition coefficient (Wildman–Crippen LogP) is 4.12. The zero-order valence-corrected chi connectivity index (χ0v) is 15.5. The summed E-state index contributed by atoms with van der Waals surface area (Å²) in [5.74, 6) is -0.405. The molecule has 0 aromatic heterocycles. The summed E-state index contributed by atoms with van der Waals surface area (Å²) in [6, 6.07) is 10.9. The zero-order chi connectivity index (χ0) is 17.4. The van der Waals surface area contributed by atoms with E-state index in [0.29, 0.717) is 5.69 Å². The number of benzene rings is 2. The summed E-state index contributed by atoms with van der Waals surface area (Å²) in [5.41, 5.74) is 4.85. The Morgan fingerprint density at radius 1 is 1.08 bits per heavy atom. The number of para-hydroxylation sites is 1. The Bertz CT molecular complexity index is 809. The Morgan fingerprint density at radius 3 is 2.33 bits per heavy atom. The molecule has 5 heteroatoms. The summed E-state index contributed by atoms with van der Waals surface area (Å²) in [5, 5.41) is 3.28. The average molecular weight is 387 g/mol. The number of anilines is 2. The Balaban J connectivity index is 1.89. The number of nitrogens with zero attached hydrogens (tertiary/aromatic N) is 1. The summed E-state index contributed by atoms with van der Waals surface area (Å²) < 4.78 is 0.732. The SMILES string of the molecule is Cc1cc(C)c(NC2CC(=O)N(c3ccccc3Br)C2=O)c(C)c1. The summed E-state index contributed by atoms with van der Waals surface area (Å²) in [4.78, 5) is 26.5. The van der Waals surface area contributed by atoms with Crippen LogP contribution >= 0.6 is 15.9 Å². The number of hydrogen-bond acceptors (Lipinski definition) is 3. The fourth-order valence-electron chi connectivity index (χ4n) is 3.21. The molecule has 1 saturated heterocycles. The van der Waals surface area contributed by atoms with Gasteiger partial charge in [0.05, 0.1) is 12.1 Å². The minimum Gasteiger partial charge on any atom is -0.373 e. The molecule has 1 unspecified atom stereocenters. The van der Waals surface area contributed by atoms with Gasteiger partial charge < -0.3 is 5.32 Å². The van der Waals surface area contributed by atoms with Crippen molar-refractivity contribution in [2.75, 3.05) is 10.2 Å². The van der Waals surface area contributed by atoms with Gasteiger partial charge in [0.1, 0.15) is 6.04 Å². The van der Waals surface area contributed by atoms with Crippen LogP contribution in [-0.2, 0) is 9.59 Å². The molecule has 2 aromatic rings. The van der Waals surface area contributed by atoms with Crippen molar-refractivity contribution in [1.29, 1.82) is 0 Å². The minimum absolute atomic E-state index is 0.160. The van der Waals surface area contributed by atoms with Crippen molar-refractivity contribution in [3.8, 4) is 0 Å². The first-order valence-corrected chi connectivity index (χ1v) is 8.63. The van der Waals surface area contributed by atoms with Crippen LogP contribution in [0, 0.1) is 20.8 Å². The van der Waals surface area contributed by atoms with Crippen molar-refractivity contribution < 1.29 is 9.59 Å². The first-order chi connectivity index (χ1) is 11.4. The highest BCUT2D eigenvalue weighted by atomic mass is 79.9. The fourth-order valence-corrected chi connectivity index (χ4v) is 3.67. The fraction of sp³-hybridized carbons (Fsp3) is 0.263. The van der Waals surface area contributed by atoms with Crippen molar-refractivity contribution in [3.63, 3.8) is 0 Å². The Hall–Kier alpha value is -2.14. The highest BCUT2D eigenvalue weighted by molar-refractivity contribution is 9.10. The first kappa shape index (κ1) is 16.7. The predicted molar refractivity (Wildman–Crippen MR) is 99.3 cm³/mol. The third kappa shape index (κ3) is 2.96. The monoisotopic (exact) mass is 386 g/mol. The van der Waals surface area contributed by atoms with E-state index in [1.807, 2.05) is 39.0 Å². The third-order valence-corrected chi connectivity index (χ3v) is 4.91. The van der Waals surface area contributed by atoms with Crippen LogP contribution in [0.4, 0.5) is 11.4 Å². The molecule has 1 aliphatic heterocycles. The number of nitrogens with one attached hydrogen (secondary N) is 1. The molecule has 1 fully saturated rings. The smallest absolute Gasteiger partial charge is 0.256 e. The molecule has 0 aliphatic carbocycles. The van der Waals surface area contributed by atoms with Gasteiger partial charge in [-0.05, 0) is 60.0 Å². The quantitative estimate of drug-likeness (QED) is 0.807. The third-order valence-electron chi connectivity index (χ3n) is 4.24. The second-order valence-corrected chi connectivity index (χ2v) is 7.05. The molecule has 1 atom stereocenters. The molecule has 0 radical (unpaired) electrons. The molecule has 0 saturated carbocycles. The van der Waals surface area contributed by atoms with Crippen molar-refractivity contribution in [2.24, 2.45) is 0 Å². The zero-order valence-electron chi connectivity index (χ0n) is 13.9. The number of hydrogen-bond donors (Lipinski definition) is 1. The Morgan fingerprint density at radius 2 is 1.71 bits per heavy atom. The van der Waals surface area contributed by atoms with Crippen LogP contribution in [0.2, 0.25) is 0 Å². The summed E-state index contributed by atoms with van der Waals surface area (Å²) in [6.07, 6.45) is 0.160.